The van der Waals surface area contributed by atoms with E-state index in [0.29, 0.717) is 12.4 Å². The van der Waals surface area contributed by atoms with Crippen LogP contribution < -0.4 is 5.73 Å². The number of rotatable bonds is 6. The van der Waals surface area contributed by atoms with E-state index in [9.17, 15) is 4.79 Å². The monoisotopic (exact) mass is 223 g/mol. The number of carbonyl (C=O) groups excluding carboxylic acids is 1. The number of nitrogens with zero attached hydrogens (tertiary/aromatic N) is 2. The quantitative estimate of drug-likeness (QED) is 0.749. The maximum absolute atomic E-state index is 12.4. The molecule has 90 valence electrons. The molecule has 1 heterocycles. The van der Waals surface area contributed by atoms with Crippen molar-refractivity contribution in [2.24, 2.45) is 11.1 Å². The molecule has 1 rings (SSSR count). The van der Waals surface area contributed by atoms with Gasteiger partial charge in [0.15, 0.2) is 5.82 Å². The summed E-state index contributed by atoms with van der Waals surface area (Å²) in [6.45, 7) is 7.16. The van der Waals surface area contributed by atoms with Gasteiger partial charge >= 0.3 is 0 Å². The fourth-order valence-corrected chi connectivity index (χ4v) is 1.96. The number of aryl methyl sites for hydroxylation is 1. The van der Waals surface area contributed by atoms with E-state index >= 15 is 0 Å². The summed E-state index contributed by atoms with van der Waals surface area (Å²) in [7, 11) is 0. The number of ketones is 1. The largest absolute Gasteiger partial charge is 0.329 e. The SMILES string of the molecule is CCn1ccnc1C(=O)C(CC)(CC)CN. The molecule has 4 nitrogen and oxygen atoms in total. The van der Waals surface area contributed by atoms with E-state index in [1.807, 2.05) is 31.5 Å². The molecule has 1 aromatic heterocycles. The lowest BCUT2D eigenvalue weighted by molar-refractivity contribution is 0.0771. The predicted molar refractivity (Wildman–Crippen MR) is 64.3 cm³/mol. The van der Waals surface area contributed by atoms with Crippen LogP contribution in [0.4, 0.5) is 0 Å². The zero-order valence-corrected chi connectivity index (χ0v) is 10.4. The Morgan fingerprint density at radius 1 is 1.44 bits per heavy atom. The van der Waals surface area contributed by atoms with Gasteiger partial charge in [-0.15, -0.1) is 0 Å². The van der Waals surface area contributed by atoms with E-state index in [1.165, 1.54) is 0 Å². The van der Waals surface area contributed by atoms with Gasteiger partial charge in [0.2, 0.25) is 5.78 Å². The lowest BCUT2D eigenvalue weighted by atomic mass is 9.78. The van der Waals surface area contributed by atoms with Gasteiger partial charge in [0.1, 0.15) is 0 Å². The Kier molecular flexibility index (Phi) is 4.24. The van der Waals surface area contributed by atoms with E-state index in [4.69, 9.17) is 5.73 Å². The Labute approximate surface area is 96.9 Å². The molecule has 0 aliphatic rings. The average molecular weight is 223 g/mol. The average Bonchev–Trinajstić information content (AvgIpc) is 2.79. The van der Waals surface area contributed by atoms with Gasteiger partial charge in [-0.25, -0.2) is 4.98 Å². The fourth-order valence-electron chi connectivity index (χ4n) is 1.96. The molecule has 0 unspecified atom stereocenters. The molecular formula is C12H21N3O. The van der Waals surface area contributed by atoms with Gasteiger partial charge in [-0.2, -0.15) is 0 Å². The Balaban J connectivity index is 3.08. The van der Waals surface area contributed by atoms with E-state index in [0.717, 1.165) is 19.4 Å². The number of hydrogen-bond acceptors (Lipinski definition) is 3. The standard InChI is InChI=1S/C12H21N3O/c1-4-12(5-2,9-13)10(16)11-14-7-8-15(11)6-3/h7-8H,4-6,9,13H2,1-3H3. The molecule has 0 saturated heterocycles. The smallest absolute Gasteiger partial charge is 0.205 e. The maximum Gasteiger partial charge on any atom is 0.205 e. The third kappa shape index (κ3) is 2.02. The van der Waals surface area contributed by atoms with Crippen LogP contribution in [-0.2, 0) is 6.54 Å². The van der Waals surface area contributed by atoms with Gasteiger partial charge < -0.3 is 10.3 Å². The summed E-state index contributed by atoms with van der Waals surface area (Å²) < 4.78 is 1.87. The number of nitrogens with two attached hydrogens (primary N) is 1. The topological polar surface area (TPSA) is 60.9 Å². The van der Waals surface area contributed by atoms with Crippen molar-refractivity contribution in [3.8, 4) is 0 Å². The van der Waals surface area contributed by atoms with Crippen LogP contribution in [0.1, 0.15) is 44.2 Å². The van der Waals surface area contributed by atoms with Crippen molar-refractivity contribution in [3.05, 3.63) is 18.2 Å². The van der Waals surface area contributed by atoms with E-state index in [1.54, 1.807) is 6.20 Å². The van der Waals surface area contributed by atoms with Crippen molar-refractivity contribution in [2.75, 3.05) is 6.54 Å². The van der Waals surface area contributed by atoms with Gasteiger partial charge in [0.05, 0.1) is 0 Å². The van der Waals surface area contributed by atoms with E-state index in [-0.39, 0.29) is 5.78 Å². The van der Waals surface area contributed by atoms with Gasteiger partial charge in [0.25, 0.3) is 0 Å². The molecule has 2 N–H and O–H groups in total. The molecular weight excluding hydrogens is 202 g/mol. The maximum atomic E-state index is 12.4. The lowest BCUT2D eigenvalue weighted by Crippen LogP contribution is -2.39. The predicted octanol–water partition coefficient (Wildman–Crippen LogP) is 1.85. The number of imidazole rings is 1. The normalized spacial score (nSPS) is 11.8. The first-order valence-corrected chi connectivity index (χ1v) is 5.91. The Hall–Kier alpha value is -1.16. The van der Waals surface area contributed by atoms with Crippen LogP contribution in [0.2, 0.25) is 0 Å². The summed E-state index contributed by atoms with van der Waals surface area (Å²) in [4.78, 5) is 16.6. The highest BCUT2D eigenvalue weighted by Gasteiger charge is 2.36. The van der Waals surface area contributed by atoms with Crippen molar-refractivity contribution in [1.29, 1.82) is 0 Å². The van der Waals surface area contributed by atoms with Crippen LogP contribution in [0, 0.1) is 5.41 Å². The minimum Gasteiger partial charge on any atom is -0.329 e. The second-order valence-electron chi connectivity index (χ2n) is 4.06. The van der Waals surface area contributed by atoms with Crippen molar-refractivity contribution in [1.82, 2.24) is 9.55 Å². The molecule has 0 fully saturated rings. The van der Waals surface area contributed by atoms with Crippen LogP contribution in [0.5, 0.6) is 0 Å². The molecule has 0 aliphatic carbocycles. The zero-order valence-electron chi connectivity index (χ0n) is 10.4. The second-order valence-corrected chi connectivity index (χ2v) is 4.06. The third-order valence-electron chi connectivity index (χ3n) is 3.49. The number of carbonyl (C=O) groups is 1. The molecule has 0 saturated carbocycles. The summed E-state index contributed by atoms with van der Waals surface area (Å²) in [5.74, 6) is 0.614. The molecule has 1 aromatic rings. The first kappa shape index (κ1) is 12.9. The van der Waals surface area contributed by atoms with E-state index < -0.39 is 5.41 Å². The van der Waals surface area contributed by atoms with Gasteiger partial charge in [-0.1, -0.05) is 13.8 Å². The molecule has 0 aliphatic heterocycles. The Bertz CT molecular complexity index is 345. The van der Waals surface area contributed by atoms with Crippen LogP contribution in [0.15, 0.2) is 12.4 Å². The molecule has 0 spiro atoms. The highest BCUT2D eigenvalue weighted by Crippen LogP contribution is 2.29. The van der Waals surface area contributed by atoms with Gasteiger partial charge in [-0.05, 0) is 19.8 Å². The number of Topliss-reactive ketones (excluding diaryl/α,β-unsaturated/α-hetero) is 1. The van der Waals surface area contributed by atoms with Crippen molar-refractivity contribution >= 4 is 5.78 Å². The first-order chi connectivity index (χ1) is 7.65. The highest BCUT2D eigenvalue weighted by atomic mass is 16.1. The molecule has 0 amide bonds. The lowest BCUT2D eigenvalue weighted by Gasteiger charge is -2.27. The van der Waals surface area contributed by atoms with Crippen LogP contribution >= 0.6 is 0 Å². The molecule has 0 atom stereocenters. The zero-order chi connectivity index (χ0) is 12.2. The summed E-state index contributed by atoms with van der Waals surface area (Å²) >= 11 is 0. The van der Waals surface area contributed by atoms with Crippen LogP contribution in [-0.4, -0.2) is 21.9 Å². The highest BCUT2D eigenvalue weighted by molar-refractivity contribution is 5.97. The minimum atomic E-state index is -0.446. The van der Waals surface area contributed by atoms with Gasteiger partial charge in [0, 0.05) is 30.9 Å². The minimum absolute atomic E-state index is 0.0758. The fraction of sp³-hybridized carbons (Fsp3) is 0.667. The summed E-state index contributed by atoms with van der Waals surface area (Å²) in [6, 6.07) is 0. The van der Waals surface area contributed by atoms with E-state index in [2.05, 4.69) is 4.98 Å². The van der Waals surface area contributed by atoms with Crippen molar-refractivity contribution in [3.63, 3.8) is 0 Å². The van der Waals surface area contributed by atoms with Gasteiger partial charge in [-0.3, -0.25) is 4.79 Å². The van der Waals surface area contributed by atoms with Crippen molar-refractivity contribution in [2.45, 2.75) is 40.2 Å². The summed E-state index contributed by atoms with van der Waals surface area (Å²) in [5, 5.41) is 0. The molecule has 4 heteroatoms. The molecule has 0 radical (unpaired) electrons. The molecule has 0 bridgehead atoms. The number of aromatic nitrogens is 2. The number of hydrogen-bond donors (Lipinski definition) is 1. The van der Waals surface area contributed by atoms with Crippen molar-refractivity contribution < 1.29 is 4.79 Å². The Morgan fingerprint density at radius 2 is 2.06 bits per heavy atom. The first-order valence-electron chi connectivity index (χ1n) is 5.91. The third-order valence-corrected chi connectivity index (χ3v) is 3.49. The summed E-state index contributed by atoms with van der Waals surface area (Å²) in [5.41, 5.74) is 5.32. The second kappa shape index (κ2) is 5.25. The molecule has 16 heavy (non-hydrogen) atoms. The Morgan fingerprint density at radius 3 is 2.50 bits per heavy atom. The summed E-state index contributed by atoms with van der Waals surface area (Å²) in [6.07, 6.45) is 5.02. The van der Waals surface area contributed by atoms with Crippen LogP contribution in [0.25, 0.3) is 0 Å². The molecule has 0 aromatic carbocycles. The van der Waals surface area contributed by atoms with Crippen LogP contribution in [0.3, 0.4) is 0 Å².